The standard InChI is InChI=1S/C17H27N3O4S.2ClH/c1-20(2)11-12-24-15-6-4-5-14(13-15)19-16(21)17(25(3,22)23)7-9-18-10-8-17;;/h4-6,13,18H,7-12H2,1-3H3,(H,19,21);2*1H. The van der Waals surface area contributed by atoms with Gasteiger partial charge in [-0.1, -0.05) is 6.07 Å². The largest absolute Gasteiger partial charge is 0.492 e. The lowest BCUT2D eigenvalue weighted by Crippen LogP contribution is -2.55. The SMILES string of the molecule is CN(C)CCOc1cccc(NC(=O)C2(S(C)(=O)=O)CCNCC2)c1.Cl.Cl. The van der Waals surface area contributed by atoms with E-state index >= 15 is 0 Å². The van der Waals surface area contributed by atoms with Gasteiger partial charge in [0.05, 0.1) is 0 Å². The number of carbonyl (C=O) groups is 1. The number of sulfone groups is 1. The van der Waals surface area contributed by atoms with Gasteiger partial charge in [-0.05, 0) is 52.2 Å². The summed E-state index contributed by atoms with van der Waals surface area (Å²) in [4.78, 5) is 14.8. The molecular weight excluding hydrogens is 413 g/mol. The molecule has 7 nitrogen and oxygen atoms in total. The first-order valence-corrected chi connectivity index (χ1v) is 10.2. The van der Waals surface area contributed by atoms with E-state index in [0.29, 0.717) is 31.1 Å². The predicted molar refractivity (Wildman–Crippen MR) is 113 cm³/mol. The van der Waals surface area contributed by atoms with Gasteiger partial charge in [0.15, 0.2) is 14.6 Å². The van der Waals surface area contributed by atoms with Gasteiger partial charge in [-0.15, -0.1) is 24.8 Å². The first-order valence-electron chi connectivity index (χ1n) is 8.34. The number of piperidine rings is 1. The third-order valence-electron chi connectivity index (χ3n) is 4.43. The maximum Gasteiger partial charge on any atom is 0.245 e. The molecule has 10 heteroatoms. The van der Waals surface area contributed by atoms with E-state index in [9.17, 15) is 13.2 Å². The third kappa shape index (κ3) is 6.80. The van der Waals surface area contributed by atoms with Crippen molar-refractivity contribution in [3.8, 4) is 5.75 Å². The molecule has 1 aromatic carbocycles. The highest BCUT2D eigenvalue weighted by Gasteiger charge is 2.48. The van der Waals surface area contributed by atoms with Crippen molar-refractivity contribution in [1.29, 1.82) is 0 Å². The molecule has 1 aliphatic heterocycles. The van der Waals surface area contributed by atoms with Crippen molar-refractivity contribution in [2.24, 2.45) is 0 Å². The van der Waals surface area contributed by atoms with Crippen molar-refractivity contribution in [3.63, 3.8) is 0 Å². The Balaban J connectivity index is 0.00000338. The first kappa shape index (κ1) is 25.9. The van der Waals surface area contributed by atoms with Gasteiger partial charge in [-0.3, -0.25) is 4.79 Å². The van der Waals surface area contributed by atoms with Gasteiger partial charge in [0.2, 0.25) is 5.91 Å². The lowest BCUT2D eigenvalue weighted by atomic mass is 9.95. The Labute approximate surface area is 174 Å². The van der Waals surface area contributed by atoms with Crippen LogP contribution in [-0.2, 0) is 14.6 Å². The molecule has 1 aliphatic rings. The number of amides is 1. The number of halogens is 2. The maximum absolute atomic E-state index is 12.8. The summed E-state index contributed by atoms with van der Waals surface area (Å²) in [6.07, 6.45) is 1.69. The van der Waals surface area contributed by atoms with Crippen LogP contribution in [0.2, 0.25) is 0 Å². The minimum atomic E-state index is -3.53. The van der Waals surface area contributed by atoms with E-state index in [2.05, 4.69) is 10.6 Å². The quantitative estimate of drug-likeness (QED) is 0.667. The van der Waals surface area contributed by atoms with Gasteiger partial charge in [-0.2, -0.15) is 0 Å². The van der Waals surface area contributed by atoms with Gasteiger partial charge in [-0.25, -0.2) is 8.42 Å². The molecule has 1 fully saturated rings. The topological polar surface area (TPSA) is 87.7 Å². The van der Waals surface area contributed by atoms with Crippen LogP contribution in [0.5, 0.6) is 5.75 Å². The Kier molecular flexibility index (Phi) is 10.6. The summed E-state index contributed by atoms with van der Waals surface area (Å²) in [6.45, 7) is 2.33. The molecule has 0 spiro atoms. The van der Waals surface area contributed by atoms with Crippen LogP contribution in [0.4, 0.5) is 5.69 Å². The molecule has 1 saturated heterocycles. The van der Waals surface area contributed by atoms with Crippen molar-refractivity contribution in [1.82, 2.24) is 10.2 Å². The number of benzene rings is 1. The van der Waals surface area contributed by atoms with Crippen molar-refractivity contribution in [3.05, 3.63) is 24.3 Å². The summed E-state index contributed by atoms with van der Waals surface area (Å²) < 4.78 is 28.9. The molecule has 0 saturated carbocycles. The summed E-state index contributed by atoms with van der Waals surface area (Å²) in [5.74, 6) is 0.167. The predicted octanol–water partition coefficient (Wildman–Crippen LogP) is 1.58. The van der Waals surface area contributed by atoms with Gasteiger partial charge in [0, 0.05) is 24.6 Å². The number of hydrogen-bond acceptors (Lipinski definition) is 6. The summed E-state index contributed by atoms with van der Waals surface area (Å²) in [5, 5.41) is 5.87. The molecule has 0 aliphatic carbocycles. The zero-order valence-corrected chi connectivity index (χ0v) is 18.3. The highest BCUT2D eigenvalue weighted by atomic mass is 35.5. The number of likely N-dealkylation sites (N-methyl/N-ethyl adjacent to an activating group) is 1. The van der Waals surface area contributed by atoms with E-state index in [-0.39, 0.29) is 37.7 Å². The Bertz CT molecular complexity index is 708. The van der Waals surface area contributed by atoms with Crippen LogP contribution in [-0.4, -0.2) is 70.6 Å². The van der Waals surface area contributed by atoms with E-state index in [4.69, 9.17) is 4.74 Å². The van der Waals surface area contributed by atoms with Crippen LogP contribution in [0, 0.1) is 0 Å². The van der Waals surface area contributed by atoms with Crippen LogP contribution in [0.3, 0.4) is 0 Å². The zero-order valence-electron chi connectivity index (χ0n) is 15.9. The van der Waals surface area contributed by atoms with E-state index in [1.165, 1.54) is 0 Å². The number of ether oxygens (including phenoxy) is 1. The second-order valence-corrected chi connectivity index (χ2v) is 8.98. The number of anilines is 1. The first-order chi connectivity index (χ1) is 11.7. The van der Waals surface area contributed by atoms with Crippen molar-refractivity contribution in [2.45, 2.75) is 17.6 Å². The molecule has 2 rings (SSSR count). The van der Waals surface area contributed by atoms with Gasteiger partial charge >= 0.3 is 0 Å². The molecule has 1 heterocycles. The molecule has 1 amide bonds. The number of nitrogens with zero attached hydrogens (tertiary/aromatic N) is 1. The summed E-state index contributed by atoms with van der Waals surface area (Å²) >= 11 is 0. The number of carbonyl (C=O) groups excluding carboxylic acids is 1. The van der Waals surface area contributed by atoms with Crippen LogP contribution in [0.1, 0.15) is 12.8 Å². The smallest absolute Gasteiger partial charge is 0.245 e. The van der Waals surface area contributed by atoms with E-state index < -0.39 is 20.5 Å². The molecule has 0 unspecified atom stereocenters. The molecular formula is C17H29Cl2N3O4S. The molecule has 27 heavy (non-hydrogen) atoms. The average molecular weight is 442 g/mol. The van der Waals surface area contributed by atoms with Gasteiger partial charge < -0.3 is 20.3 Å². The van der Waals surface area contributed by atoms with E-state index in [1.54, 1.807) is 18.2 Å². The van der Waals surface area contributed by atoms with E-state index in [0.717, 1.165) is 12.8 Å². The highest BCUT2D eigenvalue weighted by Crippen LogP contribution is 2.30. The van der Waals surface area contributed by atoms with Crippen LogP contribution >= 0.6 is 24.8 Å². The van der Waals surface area contributed by atoms with Gasteiger partial charge in [0.25, 0.3) is 0 Å². The molecule has 156 valence electrons. The highest BCUT2D eigenvalue weighted by molar-refractivity contribution is 7.92. The minimum Gasteiger partial charge on any atom is -0.492 e. The second-order valence-electron chi connectivity index (χ2n) is 6.65. The Hall–Kier alpha value is -1.06. The second kappa shape index (κ2) is 11.1. The molecule has 2 N–H and O–H groups in total. The third-order valence-corrected chi connectivity index (χ3v) is 6.45. The summed E-state index contributed by atoms with van der Waals surface area (Å²) in [7, 11) is 0.394. The fourth-order valence-electron chi connectivity index (χ4n) is 2.85. The zero-order chi connectivity index (χ0) is 18.5. The fourth-order valence-corrected chi connectivity index (χ4v) is 4.19. The lowest BCUT2D eigenvalue weighted by molar-refractivity contribution is -0.119. The normalized spacial score (nSPS) is 16.0. The maximum atomic E-state index is 12.8. The molecule has 0 aromatic heterocycles. The van der Waals surface area contributed by atoms with Crippen molar-refractivity contribution in [2.75, 3.05) is 51.9 Å². The van der Waals surface area contributed by atoms with Crippen LogP contribution in [0.15, 0.2) is 24.3 Å². The van der Waals surface area contributed by atoms with Crippen molar-refractivity contribution >= 4 is 46.2 Å². The minimum absolute atomic E-state index is 0. The number of nitrogens with one attached hydrogen (secondary N) is 2. The number of hydrogen-bond donors (Lipinski definition) is 2. The Morgan fingerprint density at radius 1 is 1.26 bits per heavy atom. The summed E-state index contributed by atoms with van der Waals surface area (Å²) in [6, 6.07) is 7.02. The Morgan fingerprint density at radius 3 is 2.44 bits per heavy atom. The number of rotatable bonds is 7. The van der Waals surface area contributed by atoms with Crippen LogP contribution in [0.25, 0.3) is 0 Å². The molecule has 1 aromatic rings. The molecule has 0 atom stereocenters. The van der Waals surface area contributed by atoms with E-state index in [1.807, 2.05) is 25.1 Å². The Morgan fingerprint density at radius 2 is 1.89 bits per heavy atom. The fraction of sp³-hybridized carbons (Fsp3) is 0.588. The molecule has 0 radical (unpaired) electrons. The lowest BCUT2D eigenvalue weighted by Gasteiger charge is -2.34. The summed E-state index contributed by atoms with van der Waals surface area (Å²) in [5.41, 5.74) is 0.536. The molecule has 0 bridgehead atoms. The average Bonchev–Trinajstić information content (AvgIpc) is 2.54. The van der Waals surface area contributed by atoms with Crippen molar-refractivity contribution < 1.29 is 17.9 Å². The van der Waals surface area contributed by atoms with Crippen LogP contribution < -0.4 is 15.4 Å². The monoisotopic (exact) mass is 441 g/mol. The van der Waals surface area contributed by atoms with Gasteiger partial charge in [0.1, 0.15) is 12.4 Å².